The molecular weight excluding hydrogens is 262 g/mol. The Morgan fingerprint density at radius 2 is 1.42 bits per heavy atom. The third kappa shape index (κ3) is 2.77. The van der Waals surface area contributed by atoms with Crippen LogP contribution in [0.2, 0.25) is 0 Å². The highest BCUT2D eigenvalue weighted by molar-refractivity contribution is 7.90. The van der Waals surface area contributed by atoms with Crippen molar-refractivity contribution in [2.24, 2.45) is 5.14 Å². The molecule has 0 bridgehead atoms. The van der Waals surface area contributed by atoms with Crippen LogP contribution in [0.4, 0.5) is 0 Å². The van der Waals surface area contributed by atoms with Crippen LogP contribution in [0.25, 0.3) is 0 Å². The van der Waals surface area contributed by atoms with E-state index in [0.29, 0.717) is 11.3 Å². The predicted molar refractivity (Wildman–Crippen MR) is 74.0 cm³/mol. The quantitative estimate of drug-likeness (QED) is 0.931. The van der Waals surface area contributed by atoms with Gasteiger partial charge in [-0.25, -0.2) is 13.6 Å². The van der Waals surface area contributed by atoms with E-state index in [2.05, 4.69) is 0 Å². The van der Waals surface area contributed by atoms with E-state index in [1.54, 1.807) is 54.6 Å². The van der Waals surface area contributed by atoms with Crippen LogP contribution < -0.4 is 9.88 Å². The lowest BCUT2D eigenvalue weighted by Crippen LogP contribution is -2.43. The van der Waals surface area contributed by atoms with Gasteiger partial charge in [-0.15, -0.1) is 0 Å². The molecule has 5 heteroatoms. The molecule has 100 valence electrons. The summed E-state index contributed by atoms with van der Waals surface area (Å²) in [6, 6.07) is 17.4. The van der Waals surface area contributed by atoms with Crippen molar-refractivity contribution >= 4 is 10.0 Å². The Bertz CT molecular complexity index is 641. The maximum Gasteiger partial charge on any atom is 0.254 e. The third-order valence-corrected chi connectivity index (χ3v) is 4.30. The molecule has 2 N–H and O–H groups in total. The minimum absolute atomic E-state index is 0.447. The Labute approximate surface area is 112 Å². The molecule has 0 fully saturated rings. The van der Waals surface area contributed by atoms with Gasteiger partial charge < -0.3 is 4.74 Å². The van der Waals surface area contributed by atoms with Crippen LogP contribution in [0.5, 0.6) is 5.75 Å². The molecule has 0 heterocycles. The minimum atomic E-state index is -3.94. The van der Waals surface area contributed by atoms with Crippen LogP contribution >= 0.6 is 0 Å². The lowest BCUT2D eigenvalue weighted by molar-refractivity contribution is 0.173. The van der Waals surface area contributed by atoms with Gasteiger partial charge in [0.1, 0.15) is 5.75 Å². The molecule has 4 nitrogen and oxygen atoms in total. The minimum Gasteiger partial charge on any atom is -0.466 e. The van der Waals surface area contributed by atoms with Crippen molar-refractivity contribution < 1.29 is 13.2 Å². The molecule has 1 unspecified atom stereocenters. The zero-order valence-corrected chi connectivity index (χ0v) is 11.3. The number of hydrogen-bond donors (Lipinski definition) is 1. The highest BCUT2D eigenvalue weighted by atomic mass is 32.2. The summed E-state index contributed by atoms with van der Waals surface area (Å²) in [6.07, 6.45) is 0. The summed E-state index contributed by atoms with van der Waals surface area (Å²) in [7, 11) is -3.94. The molecule has 0 saturated carbocycles. The zero-order valence-electron chi connectivity index (χ0n) is 10.5. The van der Waals surface area contributed by atoms with Crippen molar-refractivity contribution in [3.8, 4) is 5.75 Å². The summed E-state index contributed by atoms with van der Waals surface area (Å²) in [5.74, 6) is 0.447. The van der Waals surface area contributed by atoms with Crippen LogP contribution in [-0.4, -0.2) is 8.42 Å². The van der Waals surface area contributed by atoms with E-state index in [9.17, 15) is 8.42 Å². The van der Waals surface area contributed by atoms with Crippen LogP contribution in [0.1, 0.15) is 12.5 Å². The first kappa shape index (κ1) is 13.6. The molecule has 0 aliphatic heterocycles. The molecule has 0 spiro atoms. The molecule has 2 aromatic carbocycles. The molecule has 2 aromatic rings. The Balaban J connectivity index is 2.49. The van der Waals surface area contributed by atoms with E-state index >= 15 is 0 Å². The average molecular weight is 277 g/mol. The second-order valence-electron chi connectivity index (χ2n) is 4.27. The SMILES string of the molecule is CC(Oc1ccccc1)(c1ccccc1)S(N)(=O)=O. The fraction of sp³-hybridized carbons (Fsp3) is 0.143. The van der Waals surface area contributed by atoms with Gasteiger partial charge in [0.25, 0.3) is 10.0 Å². The Morgan fingerprint density at radius 3 is 1.89 bits per heavy atom. The van der Waals surface area contributed by atoms with Crippen molar-refractivity contribution in [3.63, 3.8) is 0 Å². The van der Waals surface area contributed by atoms with Gasteiger partial charge in [-0.3, -0.25) is 0 Å². The molecule has 0 saturated heterocycles. The van der Waals surface area contributed by atoms with Crippen LogP contribution in [0, 0.1) is 0 Å². The molecule has 0 amide bonds. The third-order valence-electron chi connectivity index (χ3n) is 2.90. The van der Waals surface area contributed by atoms with Crippen molar-refractivity contribution in [1.29, 1.82) is 0 Å². The number of benzene rings is 2. The van der Waals surface area contributed by atoms with Crippen molar-refractivity contribution in [2.45, 2.75) is 11.9 Å². The average Bonchev–Trinajstić information content (AvgIpc) is 2.39. The van der Waals surface area contributed by atoms with Crippen molar-refractivity contribution in [2.75, 3.05) is 0 Å². The van der Waals surface area contributed by atoms with Crippen molar-refractivity contribution in [3.05, 3.63) is 66.2 Å². The molecule has 1 atom stereocenters. The maximum absolute atomic E-state index is 11.9. The van der Waals surface area contributed by atoms with Gasteiger partial charge in [0.2, 0.25) is 4.93 Å². The Morgan fingerprint density at radius 1 is 0.947 bits per heavy atom. The van der Waals surface area contributed by atoms with Gasteiger partial charge >= 0.3 is 0 Å². The highest BCUT2D eigenvalue weighted by Gasteiger charge is 2.41. The van der Waals surface area contributed by atoms with Crippen LogP contribution in [0.3, 0.4) is 0 Å². The first-order chi connectivity index (χ1) is 8.93. The molecule has 0 radical (unpaired) electrons. The fourth-order valence-electron chi connectivity index (χ4n) is 1.74. The summed E-state index contributed by atoms with van der Waals surface area (Å²) in [4.78, 5) is -1.62. The van der Waals surface area contributed by atoms with Gasteiger partial charge in [-0.2, -0.15) is 0 Å². The number of sulfonamides is 1. The second-order valence-corrected chi connectivity index (χ2v) is 6.14. The van der Waals surface area contributed by atoms with Gasteiger partial charge in [-0.05, 0) is 19.1 Å². The lowest BCUT2D eigenvalue weighted by Gasteiger charge is -2.28. The zero-order chi connectivity index (χ0) is 13.9. The summed E-state index contributed by atoms with van der Waals surface area (Å²) >= 11 is 0. The number of ether oxygens (including phenoxy) is 1. The monoisotopic (exact) mass is 277 g/mol. The first-order valence-corrected chi connectivity index (χ1v) is 7.30. The molecular formula is C14H15NO3S. The van der Waals surface area contributed by atoms with E-state index < -0.39 is 15.0 Å². The number of nitrogens with two attached hydrogens (primary N) is 1. The molecule has 0 aliphatic rings. The molecule has 0 aliphatic carbocycles. The smallest absolute Gasteiger partial charge is 0.254 e. The summed E-state index contributed by atoms with van der Waals surface area (Å²) < 4.78 is 29.5. The van der Waals surface area contributed by atoms with Gasteiger partial charge in [0.15, 0.2) is 0 Å². The highest BCUT2D eigenvalue weighted by Crippen LogP contribution is 2.31. The fourth-order valence-corrected chi connectivity index (χ4v) is 2.41. The number of hydrogen-bond acceptors (Lipinski definition) is 3. The standard InChI is InChI=1S/C14H15NO3S/c1-14(19(15,16)17,12-8-4-2-5-9-12)18-13-10-6-3-7-11-13/h2-11H,1H3,(H2,15,16,17). The van der Waals surface area contributed by atoms with Gasteiger partial charge in [0, 0.05) is 5.56 Å². The summed E-state index contributed by atoms with van der Waals surface area (Å²) in [5.41, 5.74) is 0.487. The van der Waals surface area contributed by atoms with E-state index in [1.807, 2.05) is 6.07 Å². The Hall–Kier alpha value is -1.85. The molecule has 0 aromatic heterocycles. The topological polar surface area (TPSA) is 69.4 Å². The maximum atomic E-state index is 11.9. The van der Waals surface area contributed by atoms with Crippen LogP contribution in [-0.2, 0) is 15.0 Å². The second kappa shape index (κ2) is 5.03. The number of para-hydroxylation sites is 1. The summed E-state index contributed by atoms with van der Waals surface area (Å²) in [6.45, 7) is 1.45. The number of rotatable bonds is 4. The summed E-state index contributed by atoms with van der Waals surface area (Å²) in [5, 5.41) is 5.34. The van der Waals surface area contributed by atoms with Gasteiger partial charge in [0.05, 0.1) is 0 Å². The van der Waals surface area contributed by atoms with E-state index in [1.165, 1.54) is 6.92 Å². The van der Waals surface area contributed by atoms with Gasteiger partial charge in [-0.1, -0.05) is 48.5 Å². The molecule has 19 heavy (non-hydrogen) atoms. The predicted octanol–water partition coefficient (Wildman–Crippen LogP) is 2.23. The number of primary sulfonamides is 1. The Kier molecular flexibility index (Phi) is 3.59. The van der Waals surface area contributed by atoms with Crippen LogP contribution in [0.15, 0.2) is 60.7 Å². The first-order valence-electron chi connectivity index (χ1n) is 5.75. The van der Waals surface area contributed by atoms with Crippen molar-refractivity contribution in [1.82, 2.24) is 0 Å². The van der Waals surface area contributed by atoms with E-state index in [0.717, 1.165) is 0 Å². The van der Waals surface area contributed by atoms with E-state index in [4.69, 9.17) is 9.88 Å². The lowest BCUT2D eigenvalue weighted by atomic mass is 10.1. The normalized spacial score (nSPS) is 14.6. The van der Waals surface area contributed by atoms with E-state index in [-0.39, 0.29) is 0 Å². The molecule has 2 rings (SSSR count). The largest absolute Gasteiger partial charge is 0.466 e.